The van der Waals surface area contributed by atoms with Gasteiger partial charge in [-0.15, -0.1) is 0 Å². The molecule has 0 saturated carbocycles. The highest BCUT2D eigenvalue weighted by molar-refractivity contribution is 5.25. The number of hydrogen-bond acceptors (Lipinski definition) is 2. The van der Waals surface area contributed by atoms with E-state index in [9.17, 15) is 0 Å². The largest absolute Gasteiger partial charge is 0.366 e. The molecule has 0 bridgehead atoms. The molecule has 2 heteroatoms. The van der Waals surface area contributed by atoms with Crippen LogP contribution in [0.5, 0.6) is 0 Å². The summed E-state index contributed by atoms with van der Waals surface area (Å²) in [6, 6.07) is 8.33. The fourth-order valence-electron chi connectivity index (χ4n) is 1.71. The van der Waals surface area contributed by atoms with Crippen molar-refractivity contribution in [3.8, 4) is 0 Å². The smallest absolute Gasteiger partial charge is 0.0980 e. The minimum atomic E-state index is -0.179. The van der Waals surface area contributed by atoms with Crippen molar-refractivity contribution >= 4 is 0 Å². The van der Waals surface area contributed by atoms with E-state index in [0.717, 1.165) is 5.56 Å². The van der Waals surface area contributed by atoms with Crippen LogP contribution >= 0.6 is 0 Å². The van der Waals surface area contributed by atoms with E-state index in [1.54, 1.807) is 0 Å². The number of hydrogen-bond donors (Lipinski definition) is 1. The predicted octanol–water partition coefficient (Wildman–Crippen LogP) is 3.20. The molecule has 2 atom stereocenters. The summed E-state index contributed by atoms with van der Waals surface area (Å²) in [6.45, 7) is 10.2. The predicted molar refractivity (Wildman–Crippen MR) is 68.4 cm³/mol. The third-order valence-electron chi connectivity index (χ3n) is 2.33. The summed E-state index contributed by atoms with van der Waals surface area (Å²) in [5.74, 6) is 0. The lowest BCUT2D eigenvalue weighted by molar-refractivity contribution is -0.0701. The SMILES string of the molecule is Cc1cccc(C(OC(C)(C)C)C(C)N)c1. The second kappa shape index (κ2) is 4.98. The lowest BCUT2D eigenvalue weighted by Gasteiger charge is -2.30. The fraction of sp³-hybridized carbons (Fsp3) is 0.571. The first-order chi connectivity index (χ1) is 7.29. The molecule has 16 heavy (non-hydrogen) atoms. The minimum Gasteiger partial charge on any atom is -0.366 e. The van der Waals surface area contributed by atoms with Crippen LogP contribution in [-0.2, 0) is 4.74 Å². The van der Waals surface area contributed by atoms with Crippen molar-refractivity contribution in [2.75, 3.05) is 0 Å². The first kappa shape index (κ1) is 13.2. The Balaban J connectivity index is 2.94. The highest BCUT2D eigenvalue weighted by atomic mass is 16.5. The Morgan fingerprint density at radius 2 is 1.88 bits per heavy atom. The van der Waals surface area contributed by atoms with Gasteiger partial charge in [0.2, 0.25) is 0 Å². The maximum Gasteiger partial charge on any atom is 0.0980 e. The van der Waals surface area contributed by atoms with Gasteiger partial charge < -0.3 is 10.5 Å². The Hall–Kier alpha value is -0.860. The van der Waals surface area contributed by atoms with Crippen molar-refractivity contribution in [3.05, 3.63) is 35.4 Å². The molecule has 0 aromatic heterocycles. The molecule has 2 unspecified atom stereocenters. The summed E-state index contributed by atoms with van der Waals surface area (Å²) in [5, 5.41) is 0. The summed E-state index contributed by atoms with van der Waals surface area (Å²) >= 11 is 0. The summed E-state index contributed by atoms with van der Waals surface area (Å²) in [6.07, 6.45) is -0.0418. The van der Waals surface area contributed by atoms with Crippen LogP contribution in [0.3, 0.4) is 0 Å². The molecule has 0 amide bonds. The summed E-state index contributed by atoms with van der Waals surface area (Å²) in [7, 11) is 0. The average molecular weight is 221 g/mol. The Bertz CT molecular complexity index is 339. The molecule has 0 spiro atoms. The van der Waals surface area contributed by atoms with E-state index in [-0.39, 0.29) is 17.7 Å². The van der Waals surface area contributed by atoms with Crippen LogP contribution in [0.4, 0.5) is 0 Å². The summed E-state index contributed by atoms with van der Waals surface area (Å²) in [5.41, 5.74) is 8.22. The lowest BCUT2D eigenvalue weighted by Crippen LogP contribution is -2.33. The number of aryl methyl sites for hydroxylation is 1. The van der Waals surface area contributed by atoms with Gasteiger partial charge in [0.05, 0.1) is 11.7 Å². The first-order valence-corrected chi connectivity index (χ1v) is 5.79. The maximum atomic E-state index is 6.02. The van der Waals surface area contributed by atoms with Crippen LogP contribution in [-0.4, -0.2) is 11.6 Å². The molecular formula is C14H23NO. The Morgan fingerprint density at radius 1 is 1.25 bits per heavy atom. The Labute approximate surface area is 98.8 Å². The molecule has 1 aromatic carbocycles. The lowest BCUT2D eigenvalue weighted by atomic mass is 10.0. The molecule has 0 radical (unpaired) electrons. The molecule has 0 aliphatic rings. The topological polar surface area (TPSA) is 35.2 Å². The number of ether oxygens (including phenoxy) is 1. The number of benzene rings is 1. The van der Waals surface area contributed by atoms with E-state index in [0.29, 0.717) is 0 Å². The normalized spacial score (nSPS) is 15.9. The Morgan fingerprint density at radius 3 is 2.31 bits per heavy atom. The molecule has 0 aliphatic carbocycles. The molecule has 0 aliphatic heterocycles. The minimum absolute atomic E-state index is 0.0129. The van der Waals surface area contributed by atoms with Gasteiger partial charge in [0.15, 0.2) is 0 Å². The van der Waals surface area contributed by atoms with E-state index in [4.69, 9.17) is 10.5 Å². The van der Waals surface area contributed by atoms with Gasteiger partial charge in [0, 0.05) is 6.04 Å². The van der Waals surface area contributed by atoms with Crippen molar-refractivity contribution in [2.24, 2.45) is 5.73 Å². The van der Waals surface area contributed by atoms with Crippen LogP contribution in [0, 0.1) is 6.92 Å². The van der Waals surface area contributed by atoms with E-state index >= 15 is 0 Å². The fourth-order valence-corrected chi connectivity index (χ4v) is 1.71. The zero-order valence-corrected chi connectivity index (χ0v) is 10.9. The van der Waals surface area contributed by atoms with Crippen LogP contribution in [0.15, 0.2) is 24.3 Å². The monoisotopic (exact) mass is 221 g/mol. The highest BCUT2D eigenvalue weighted by Gasteiger charge is 2.23. The van der Waals surface area contributed by atoms with Crippen molar-refractivity contribution < 1.29 is 4.74 Å². The zero-order valence-electron chi connectivity index (χ0n) is 10.9. The van der Waals surface area contributed by atoms with Crippen molar-refractivity contribution in [1.82, 2.24) is 0 Å². The molecule has 2 N–H and O–H groups in total. The molecule has 1 aromatic rings. The molecule has 0 fully saturated rings. The van der Waals surface area contributed by atoms with Gasteiger partial charge >= 0.3 is 0 Å². The van der Waals surface area contributed by atoms with Gasteiger partial charge in [0.1, 0.15) is 0 Å². The van der Waals surface area contributed by atoms with Gasteiger partial charge in [-0.1, -0.05) is 29.8 Å². The van der Waals surface area contributed by atoms with Crippen molar-refractivity contribution in [1.29, 1.82) is 0 Å². The van der Waals surface area contributed by atoms with Gasteiger partial charge in [-0.25, -0.2) is 0 Å². The van der Waals surface area contributed by atoms with Crippen molar-refractivity contribution in [3.63, 3.8) is 0 Å². The van der Waals surface area contributed by atoms with Crippen LogP contribution in [0.25, 0.3) is 0 Å². The molecule has 0 saturated heterocycles. The van der Waals surface area contributed by atoms with E-state index < -0.39 is 0 Å². The molecular weight excluding hydrogens is 198 g/mol. The van der Waals surface area contributed by atoms with Crippen LogP contribution < -0.4 is 5.73 Å². The maximum absolute atomic E-state index is 6.02. The third-order valence-corrected chi connectivity index (χ3v) is 2.33. The molecule has 1 rings (SSSR count). The second-order valence-electron chi connectivity index (χ2n) is 5.42. The first-order valence-electron chi connectivity index (χ1n) is 5.79. The van der Waals surface area contributed by atoms with E-state index in [1.165, 1.54) is 5.56 Å². The second-order valence-corrected chi connectivity index (χ2v) is 5.42. The molecule has 2 nitrogen and oxygen atoms in total. The standard InChI is InChI=1S/C14H23NO/c1-10-7-6-8-12(9-10)13(11(2)15)16-14(3,4)5/h6-9,11,13H,15H2,1-5H3. The molecule has 90 valence electrons. The number of nitrogens with two attached hydrogens (primary N) is 1. The van der Waals surface area contributed by atoms with E-state index in [2.05, 4.69) is 45.9 Å². The zero-order chi connectivity index (χ0) is 12.3. The molecule has 0 heterocycles. The van der Waals surface area contributed by atoms with Crippen molar-refractivity contribution in [2.45, 2.75) is 52.4 Å². The van der Waals surface area contributed by atoms with E-state index in [1.807, 2.05) is 13.0 Å². The van der Waals surface area contributed by atoms with Gasteiger partial charge in [-0.05, 0) is 40.2 Å². The highest BCUT2D eigenvalue weighted by Crippen LogP contribution is 2.26. The van der Waals surface area contributed by atoms with Crippen LogP contribution in [0.1, 0.15) is 44.9 Å². The third kappa shape index (κ3) is 3.95. The number of rotatable bonds is 3. The summed E-state index contributed by atoms with van der Waals surface area (Å²) in [4.78, 5) is 0. The average Bonchev–Trinajstić information content (AvgIpc) is 2.12. The quantitative estimate of drug-likeness (QED) is 0.850. The summed E-state index contributed by atoms with van der Waals surface area (Å²) < 4.78 is 6.02. The van der Waals surface area contributed by atoms with Crippen LogP contribution in [0.2, 0.25) is 0 Å². The van der Waals surface area contributed by atoms with Gasteiger partial charge in [-0.2, -0.15) is 0 Å². The van der Waals surface area contributed by atoms with Gasteiger partial charge in [0.25, 0.3) is 0 Å². The Kier molecular flexibility index (Phi) is 4.11. The van der Waals surface area contributed by atoms with Gasteiger partial charge in [-0.3, -0.25) is 0 Å².